The lowest BCUT2D eigenvalue weighted by molar-refractivity contribution is -0.143. The molecule has 0 aromatic heterocycles. The van der Waals surface area contributed by atoms with Gasteiger partial charge in [-0.05, 0) is 87.9 Å². The average Bonchev–Trinajstić information content (AvgIpc) is 3.61. The van der Waals surface area contributed by atoms with Crippen LogP contribution in [0.5, 0.6) is 5.75 Å². The fraction of sp³-hybridized carbons (Fsp3) is 0.500. The van der Waals surface area contributed by atoms with Crippen LogP contribution < -0.4 is 14.5 Å². The molecule has 3 saturated heterocycles. The lowest BCUT2D eigenvalue weighted by Crippen LogP contribution is -2.58. The van der Waals surface area contributed by atoms with E-state index in [4.69, 9.17) is 4.74 Å². The quantitative estimate of drug-likeness (QED) is 0.268. The van der Waals surface area contributed by atoms with Gasteiger partial charge in [0.05, 0.1) is 35.8 Å². The minimum absolute atomic E-state index is 0.115. The third kappa shape index (κ3) is 5.79. The fourth-order valence-corrected chi connectivity index (χ4v) is 10.4. The van der Waals surface area contributed by atoms with Crippen molar-refractivity contribution in [3.05, 3.63) is 78.9 Å². The van der Waals surface area contributed by atoms with E-state index in [-0.39, 0.29) is 43.3 Å². The van der Waals surface area contributed by atoms with Crippen LogP contribution in [0.1, 0.15) is 51.7 Å². The Morgan fingerprint density at radius 2 is 1.72 bits per heavy atom. The molecule has 3 fully saturated rings. The molecule has 3 aliphatic heterocycles. The number of amides is 3. The number of hydrogen-bond donors (Lipinski definition) is 1. The number of aryl methyl sites for hydroxylation is 2. The molecule has 1 N–H and O–H groups in total. The summed E-state index contributed by atoms with van der Waals surface area (Å²) in [5.74, 6) is -1.37. The van der Waals surface area contributed by atoms with Gasteiger partial charge in [-0.25, -0.2) is 0 Å². The van der Waals surface area contributed by atoms with Gasteiger partial charge in [-0.3, -0.25) is 14.4 Å². The van der Waals surface area contributed by atoms with Crippen LogP contribution in [0.4, 0.5) is 11.4 Å². The smallest absolute Gasteiger partial charge is 0.251 e. The maximum absolute atomic E-state index is 15.1. The van der Waals surface area contributed by atoms with Crippen LogP contribution in [0.2, 0.25) is 0 Å². The van der Waals surface area contributed by atoms with Crippen molar-refractivity contribution < 1.29 is 24.2 Å². The summed E-state index contributed by atoms with van der Waals surface area (Å²) in [5.41, 5.74) is 3.43. The number of nitrogens with zero attached hydrogens (tertiary/aromatic N) is 3. The first-order valence-corrected chi connectivity index (χ1v) is 17.5. The van der Waals surface area contributed by atoms with Crippen molar-refractivity contribution in [2.24, 2.45) is 17.8 Å². The van der Waals surface area contributed by atoms with E-state index in [9.17, 15) is 14.7 Å². The highest BCUT2D eigenvalue weighted by molar-refractivity contribution is 8.02. The number of rotatable bonds is 13. The summed E-state index contributed by atoms with van der Waals surface area (Å²) < 4.78 is 4.24. The molecule has 47 heavy (non-hydrogen) atoms. The Labute approximate surface area is 283 Å². The van der Waals surface area contributed by atoms with Crippen molar-refractivity contribution in [3.8, 4) is 5.75 Å². The fourth-order valence-electron chi connectivity index (χ4n) is 8.10. The van der Waals surface area contributed by atoms with Gasteiger partial charge in [0.15, 0.2) is 0 Å². The Bertz CT molecular complexity index is 1540. The van der Waals surface area contributed by atoms with Gasteiger partial charge in [-0.15, -0.1) is 24.9 Å². The van der Waals surface area contributed by atoms with Gasteiger partial charge in [0.25, 0.3) is 5.91 Å². The van der Waals surface area contributed by atoms with Crippen molar-refractivity contribution in [3.63, 3.8) is 0 Å². The first-order valence-electron chi connectivity index (χ1n) is 16.7. The molecule has 2 aromatic carbocycles. The highest BCUT2D eigenvalue weighted by Gasteiger charge is 2.78. The summed E-state index contributed by atoms with van der Waals surface area (Å²) in [6.07, 6.45) is 4.71. The van der Waals surface area contributed by atoms with Crippen LogP contribution in [0.25, 0.3) is 0 Å². The van der Waals surface area contributed by atoms with Gasteiger partial charge < -0.3 is 24.5 Å². The lowest BCUT2D eigenvalue weighted by atomic mass is 9.66. The van der Waals surface area contributed by atoms with Crippen LogP contribution in [-0.4, -0.2) is 75.6 Å². The number of carbonyl (C=O) groups excluding carboxylic acids is 3. The number of aliphatic hydroxyl groups is 1. The van der Waals surface area contributed by atoms with Gasteiger partial charge in [0.2, 0.25) is 11.8 Å². The standard InChI is InChI=1S/C38H49N3O5S/c1-9-20-39(27-14-16-28(17-15-27)46-11-3)34(43)31-32-35(44)41(30(23-42)24(4)5)33(38(32)19-18-37(31,8)47-38)36(45)40(21-10-2)29-22-25(6)12-13-26(29)7/h9-10,12-17,22,24,30-33,42H,1-2,11,18-21,23H2,3-8H3/t30-,31+,32-,33?,37-,38?/m0/s1. The molecule has 3 heterocycles. The molecular formula is C38H49N3O5S. The van der Waals surface area contributed by atoms with Crippen LogP contribution in [0, 0.1) is 31.6 Å². The largest absolute Gasteiger partial charge is 0.494 e. The third-order valence-electron chi connectivity index (χ3n) is 10.3. The number of fused-ring (bicyclic) bond motifs is 1. The SMILES string of the molecule is C=CCN(C(=O)[C@H]1[C@H]2C(=O)N([C@@H](CO)C(C)C)C(C(=O)N(CC=C)c3cc(C)ccc3C)C23CC[C@]1(C)S3)c1ccc(OCC)cc1. The minimum atomic E-state index is -0.859. The molecule has 9 heteroatoms. The Hall–Kier alpha value is -3.56. The lowest BCUT2D eigenvalue weighted by Gasteiger charge is -2.41. The number of hydrogen-bond acceptors (Lipinski definition) is 6. The Kier molecular flexibility index (Phi) is 10.00. The minimum Gasteiger partial charge on any atom is -0.494 e. The summed E-state index contributed by atoms with van der Waals surface area (Å²) in [7, 11) is 0. The van der Waals surface area contributed by atoms with E-state index >= 15 is 4.79 Å². The molecule has 252 valence electrons. The maximum atomic E-state index is 15.1. The first-order chi connectivity index (χ1) is 22.4. The van der Waals surface area contributed by atoms with E-state index in [1.165, 1.54) is 0 Å². The van der Waals surface area contributed by atoms with E-state index in [0.717, 1.165) is 16.8 Å². The predicted octanol–water partition coefficient (Wildman–Crippen LogP) is 5.94. The summed E-state index contributed by atoms with van der Waals surface area (Å²) in [6.45, 7) is 20.6. The highest BCUT2D eigenvalue weighted by atomic mass is 32.2. The van der Waals surface area contributed by atoms with Crippen molar-refractivity contribution in [2.75, 3.05) is 36.1 Å². The third-order valence-corrected chi connectivity index (χ3v) is 12.3. The number of thioether (sulfide) groups is 1. The number of anilines is 2. The summed E-state index contributed by atoms with van der Waals surface area (Å²) in [4.78, 5) is 50.0. The molecular weight excluding hydrogens is 611 g/mol. The van der Waals surface area contributed by atoms with Gasteiger partial charge in [-0.2, -0.15) is 0 Å². The van der Waals surface area contributed by atoms with Crippen LogP contribution in [-0.2, 0) is 14.4 Å². The summed E-state index contributed by atoms with van der Waals surface area (Å²) >= 11 is 1.64. The van der Waals surface area contributed by atoms with Crippen molar-refractivity contribution in [2.45, 2.75) is 76.0 Å². The van der Waals surface area contributed by atoms with Gasteiger partial charge >= 0.3 is 0 Å². The van der Waals surface area contributed by atoms with Gasteiger partial charge in [0.1, 0.15) is 11.8 Å². The molecule has 0 radical (unpaired) electrons. The van der Waals surface area contributed by atoms with Crippen LogP contribution >= 0.6 is 11.8 Å². The number of ether oxygens (including phenoxy) is 1. The summed E-state index contributed by atoms with van der Waals surface area (Å²) in [5, 5.41) is 10.7. The van der Waals surface area contributed by atoms with E-state index in [1.807, 2.05) is 77.1 Å². The molecule has 3 aliphatic rings. The van der Waals surface area contributed by atoms with E-state index in [1.54, 1.807) is 38.6 Å². The molecule has 5 rings (SSSR count). The van der Waals surface area contributed by atoms with Crippen LogP contribution in [0.15, 0.2) is 67.8 Å². The molecule has 1 spiro atoms. The van der Waals surface area contributed by atoms with Crippen LogP contribution in [0.3, 0.4) is 0 Å². The second-order valence-corrected chi connectivity index (χ2v) is 15.6. The van der Waals surface area contributed by atoms with Crippen molar-refractivity contribution in [1.82, 2.24) is 4.90 Å². The van der Waals surface area contributed by atoms with E-state index in [0.29, 0.717) is 30.9 Å². The van der Waals surface area contributed by atoms with Crippen molar-refractivity contribution in [1.29, 1.82) is 0 Å². The number of likely N-dealkylation sites (tertiary alicyclic amines) is 1. The first kappa shape index (κ1) is 34.8. The van der Waals surface area contributed by atoms with Gasteiger partial charge in [0, 0.05) is 29.2 Å². The van der Waals surface area contributed by atoms with Gasteiger partial charge in [-0.1, -0.05) is 38.1 Å². The topological polar surface area (TPSA) is 90.4 Å². The Morgan fingerprint density at radius 1 is 1.06 bits per heavy atom. The second kappa shape index (κ2) is 13.5. The average molecular weight is 660 g/mol. The highest BCUT2D eigenvalue weighted by Crippen LogP contribution is 2.72. The molecule has 2 bridgehead atoms. The molecule has 2 aromatic rings. The zero-order valence-corrected chi connectivity index (χ0v) is 29.4. The van der Waals surface area contributed by atoms with E-state index in [2.05, 4.69) is 20.1 Å². The molecule has 2 unspecified atom stereocenters. The molecule has 3 amide bonds. The zero-order valence-electron chi connectivity index (χ0n) is 28.6. The Balaban J connectivity index is 1.63. The molecule has 6 atom stereocenters. The normalized spacial score (nSPS) is 26.7. The molecule has 0 saturated carbocycles. The monoisotopic (exact) mass is 659 g/mol. The second-order valence-electron chi connectivity index (χ2n) is 13.7. The van der Waals surface area contributed by atoms with E-state index < -0.39 is 33.4 Å². The van der Waals surface area contributed by atoms with Crippen molar-refractivity contribution >= 4 is 40.9 Å². The maximum Gasteiger partial charge on any atom is 0.251 e. The zero-order chi connectivity index (χ0) is 34.3. The molecule has 8 nitrogen and oxygen atoms in total. The summed E-state index contributed by atoms with van der Waals surface area (Å²) in [6, 6.07) is 12.0. The number of carbonyl (C=O) groups is 3. The number of benzene rings is 2. The molecule has 0 aliphatic carbocycles. The predicted molar refractivity (Wildman–Crippen MR) is 190 cm³/mol. The Morgan fingerprint density at radius 3 is 2.32 bits per heavy atom. The number of aliphatic hydroxyl groups excluding tert-OH is 1.